The van der Waals surface area contributed by atoms with Crippen LogP contribution in [0, 0.1) is 6.07 Å². The summed E-state index contributed by atoms with van der Waals surface area (Å²) in [5, 5.41) is 4.71. The molecular formula is C17H13N2. The quantitative estimate of drug-likeness (QED) is 0.706. The number of nitrogens with one attached hydrogen (secondary N) is 1. The molecule has 0 unspecified atom stereocenters. The summed E-state index contributed by atoms with van der Waals surface area (Å²) in [6.45, 7) is 0. The van der Waals surface area contributed by atoms with Gasteiger partial charge in [0.25, 0.3) is 0 Å². The summed E-state index contributed by atoms with van der Waals surface area (Å²) in [4.78, 5) is 4.69. The van der Waals surface area contributed by atoms with E-state index in [2.05, 4.69) is 52.8 Å². The lowest BCUT2D eigenvalue weighted by molar-refractivity contribution is 0.824. The number of aromatic nitrogens is 1. The van der Waals surface area contributed by atoms with E-state index in [0.717, 1.165) is 17.8 Å². The second-order valence-corrected chi connectivity index (χ2v) is 4.93. The van der Waals surface area contributed by atoms with E-state index in [1.807, 2.05) is 18.2 Å². The Morgan fingerprint density at radius 3 is 2.95 bits per heavy atom. The molecule has 1 radical (unpaired) electrons. The summed E-state index contributed by atoms with van der Waals surface area (Å²) >= 11 is 0. The summed E-state index contributed by atoms with van der Waals surface area (Å²) in [7, 11) is 0. The predicted octanol–water partition coefficient (Wildman–Crippen LogP) is 3.74. The van der Waals surface area contributed by atoms with Crippen LogP contribution in [0.4, 0.5) is 5.82 Å². The highest BCUT2D eigenvalue weighted by molar-refractivity contribution is 5.82. The molecule has 2 nitrogen and oxygen atoms in total. The van der Waals surface area contributed by atoms with E-state index in [1.165, 1.54) is 16.5 Å². The van der Waals surface area contributed by atoms with Gasteiger partial charge in [-0.3, -0.25) is 0 Å². The Bertz CT molecular complexity index is 690. The molecule has 2 heteroatoms. The zero-order valence-electron chi connectivity index (χ0n) is 10.4. The molecule has 3 aromatic rings. The lowest BCUT2D eigenvalue weighted by Gasteiger charge is -2.10. The number of benzene rings is 2. The van der Waals surface area contributed by atoms with Crippen LogP contribution in [0.3, 0.4) is 0 Å². The highest BCUT2D eigenvalue weighted by Crippen LogP contribution is 2.34. The predicted molar refractivity (Wildman–Crippen MR) is 77.1 cm³/mol. The Morgan fingerprint density at radius 1 is 1.16 bits per heavy atom. The van der Waals surface area contributed by atoms with Crippen LogP contribution in [0.25, 0.3) is 10.9 Å². The molecule has 0 amide bonds. The lowest BCUT2D eigenvalue weighted by Crippen LogP contribution is -2.05. The number of anilines is 1. The minimum absolute atomic E-state index is 0.337. The van der Waals surface area contributed by atoms with E-state index in [9.17, 15) is 0 Å². The first-order valence-corrected chi connectivity index (χ1v) is 6.51. The SMILES string of the molecule is [c]1ccc2cc3c(nc2c1)N[C@H](c1ccccc1)C3. The third-order valence-electron chi connectivity index (χ3n) is 3.68. The largest absolute Gasteiger partial charge is 0.363 e. The Kier molecular flexibility index (Phi) is 2.27. The summed E-state index contributed by atoms with van der Waals surface area (Å²) in [6, 6.07) is 22.1. The smallest absolute Gasteiger partial charge is 0.130 e. The van der Waals surface area contributed by atoms with E-state index in [4.69, 9.17) is 0 Å². The fraction of sp³-hybridized carbons (Fsp3) is 0.118. The maximum atomic E-state index is 4.69. The van der Waals surface area contributed by atoms with Gasteiger partial charge in [0.15, 0.2) is 0 Å². The van der Waals surface area contributed by atoms with E-state index in [-0.39, 0.29) is 0 Å². The molecule has 4 rings (SSSR count). The average molecular weight is 245 g/mol. The summed E-state index contributed by atoms with van der Waals surface area (Å²) in [5.41, 5.74) is 3.62. The van der Waals surface area contributed by atoms with Gasteiger partial charge in [-0.25, -0.2) is 4.98 Å². The average Bonchev–Trinajstić information content (AvgIpc) is 2.88. The minimum Gasteiger partial charge on any atom is -0.363 e. The van der Waals surface area contributed by atoms with Gasteiger partial charge in [-0.15, -0.1) is 0 Å². The topological polar surface area (TPSA) is 24.9 Å². The van der Waals surface area contributed by atoms with Crippen molar-refractivity contribution in [2.75, 3.05) is 5.32 Å². The Morgan fingerprint density at radius 2 is 2.05 bits per heavy atom. The molecule has 0 saturated carbocycles. The monoisotopic (exact) mass is 245 g/mol. The van der Waals surface area contributed by atoms with Crippen molar-refractivity contribution < 1.29 is 0 Å². The van der Waals surface area contributed by atoms with Crippen molar-refractivity contribution in [3.63, 3.8) is 0 Å². The maximum absolute atomic E-state index is 4.69. The van der Waals surface area contributed by atoms with Crippen LogP contribution in [0.5, 0.6) is 0 Å². The van der Waals surface area contributed by atoms with Gasteiger partial charge in [-0.1, -0.05) is 42.5 Å². The molecule has 1 N–H and O–H groups in total. The number of pyridine rings is 1. The molecule has 1 aliphatic rings. The van der Waals surface area contributed by atoms with Gasteiger partial charge >= 0.3 is 0 Å². The summed E-state index contributed by atoms with van der Waals surface area (Å²) in [5.74, 6) is 1.01. The van der Waals surface area contributed by atoms with Crippen molar-refractivity contribution >= 4 is 16.7 Å². The van der Waals surface area contributed by atoms with E-state index in [0.29, 0.717) is 6.04 Å². The molecule has 1 aromatic heterocycles. The van der Waals surface area contributed by atoms with Gasteiger partial charge in [-0.05, 0) is 29.3 Å². The second kappa shape index (κ2) is 4.09. The van der Waals surface area contributed by atoms with Crippen molar-refractivity contribution in [1.29, 1.82) is 0 Å². The van der Waals surface area contributed by atoms with Crippen molar-refractivity contribution in [3.8, 4) is 0 Å². The highest BCUT2D eigenvalue weighted by Gasteiger charge is 2.23. The van der Waals surface area contributed by atoms with Crippen LogP contribution in [0.15, 0.2) is 54.6 Å². The van der Waals surface area contributed by atoms with Gasteiger partial charge in [0.2, 0.25) is 0 Å². The summed E-state index contributed by atoms with van der Waals surface area (Å²) < 4.78 is 0. The minimum atomic E-state index is 0.337. The molecule has 1 aliphatic heterocycles. The molecule has 0 fully saturated rings. The van der Waals surface area contributed by atoms with Crippen LogP contribution in [0.1, 0.15) is 17.2 Å². The van der Waals surface area contributed by atoms with Crippen LogP contribution in [0.2, 0.25) is 0 Å². The van der Waals surface area contributed by atoms with Gasteiger partial charge in [0, 0.05) is 11.8 Å². The third-order valence-corrected chi connectivity index (χ3v) is 3.68. The number of nitrogens with zero attached hydrogens (tertiary/aromatic N) is 1. The van der Waals surface area contributed by atoms with Crippen molar-refractivity contribution in [2.24, 2.45) is 0 Å². The van der Waals surface area contributed by atoms with Crippen molar-refractivity contribution in [1.82, 2.24) is 4.98 Å². The number of rotatable bonds is 1. The van der Waals surface area contributed by atoms with Crippen LogP contribution < -0.4 is 5.32 Å². The van der Waals surface area contributed by atoms with Crippen LogP contribution >= 0.6 is 0 Å². The normalized spacial score (nSPS) is 17.2. The zero-order chi connectivity index (χ0) is 12.7. The van der Waals surface area contributed by atoms with Crippen molar-refractivity contribution in [3.05, 3.63) is 71.8 Å². The molecule has 0 saturated heterocycles. The molecule has 1 atom stereocenters. The van der Waals surface area contributed by atoms with Crippen LogP contribution in [-0.4, -0.2) is 4.98 Å². The first kappa shape index (κ1) is 10.6. The number of fused-ring (bicyclic) bond motifs is 2. The molecule has 91 valence electrons. The van der Waals surface area contributed by atoms with Gasteiger partial charge in [0.1, 0.15) is 5.82 Å². The molecule has 2 heterocycles. The Balaban J connectivity index is 1.76. The Labute approximate surface area is 112 Å². The standard InChI is InChI=1S/C17H13N2/c1-2-6-12(7-3-1)16-11-14-10-13-8-4-5-9-15(13)18-17(14)19-16/h1-4,6-10,16H,11H2,(H,18,19)/t16-/m0/s1. The molecule has 0 bridgehead atoms. The lowest BCUT2D eigenvalue weighted by atomic mass is 10.0. The van der Waals surface area contributed by atoms with E-state index < -0.39 is 0 Å². The Hall–Kier alpha value is -2.35. The van der Waals surface area contributed by atoms with Gasteiger partial charge in [0.05, 0.1) is 11.6 Å². The first-order chi connectivity index (χ1) is 9.40. The zero-order valence-corrected chi connectivity index (χ0v) is 10.4. The first-order valence-electron chi connectivity index (χ1n) is 6.51. The number of hydrogen-bond donors (Lipinski definition) is 1. The van der Waals surface area contributed by atoms with Gasteiger partial charge in [-0.2, -0.15) is 0 Å². The fourth-order valence-corrected chi connectivity index (χ4v) is 2.70. The molecule has 0 aliphatic carbocycles. The molecule has 19 heavy (non-hydrogen) atoms. The molecule has 2 aromatic carbocycles. The fourth-order valence-electron chi connectivity index (χ4n) is 2.70. The molecular weight excluding hydrogens is 232 g/mol. The molecule has 0 spiro atoms. The maximum Gasteiger partial charge on any atom is 0.130 e. The van der Waals surface area contributed by atoms with Crippen LogP contribution in [-0.2, 0) is 6.42 Å². The van der Waals surface area contributed by atoms with E-state index in [1.54, 1.807) is 0 Å². The van der Waals surface area contributed by atoms with E-state index >= 15 is 0 Å². The van der Waals surface area contributed by atoms with Crippen molar-refractivity contribution in [2.45, 2.75) is 12.5 Å². The third kappa shape index (κ3) is 1.76. The second-order valence-electron chi connectivity index (χ2n) is 4.93. The highest BCUT2D eigenvalue weighted by atomic mass is 15.0. The summed E-state index contributed by atoms with van der Waals surface area (Å²) in [6.07, 6.45) is 1.00. The number of hydrogen-bond acceptors (Lipinski definition) is 2. The van der Waals surface area contributed by atoms with Gasteiger partial charge < -0.3 is 5.32 Å².